The SMILES string of the molecule is Cc1cccc2c1ccc1c(/C=C/c3ccccc3)cc(=O)oc12. The topological polar surface area (TPSA) is 30.2 Å². The maximum atomic E-state index is 12.0. The molecule has 24 heavy (non-hydrogen) atoms. The second kappa shape index (κ2) is 5.82. The van der Waals surface area contributed by atoms with Crippen LogP contribution in [-0.4, -0.2) is 0 Å². The lowest BCUT2D eigenvalue weighted by molar-refractivity contribution is 0.564. The van der Waals surface area contributed by atoms with Crippen LogP contribution in [0.5, 0.6) is 0 Å². The molecule has 4 rings (SSSR count). The van der Waals surface area contributed by atoms with Crippen molar-refractivity contribution in [1.29, 1.82) is 0 Å². The van der Waals surface area contributed by atoms with E-state index in [2.05, 4.69) is 19.1 Å². The zero-order chi connectivity index (χ0) is 16.5. The molecule has 3 aromatic carbocycles. The van der Waals surface area contributed by atoms with Crippen LogP contribution in [0.1, 0.15) is 16.7 Å². The smallest absolute Gasteiger partial charge is 0.336 e. The second-order valence-electron chi connectivity index (χ2n) is 5.88. The third kappa shape index (κ3) is 2.52. The van der Waals surface area contributed by atoms with Gasteiger partial charge in [0.2, 0.25) is 0 Å². The average Bonchev–Trinajstić information content (AvgIpc) is 2.61. The molecule has 0 amide bonds. The highest BCUT2D eigenvalue weighted by Crippen LogP contribution is 2.29. The first-order valence-corrected chi connectivity index (χ1v) is 7.92. The van der Waals surface area contributed by atoms with Crippen molar-refractivity contribution in [1.82, 2.24) is 0 Å². The van der Waals surface area contributed by atoms with E-state index in [0.717, 1.165) is 27.3 Å². The van der Waals surface area contributed by atoms with Gasteiger partial charge in [0.1, 0.15) is 5.58 Å². The summed E-state index contributed by atoms with van der Waals surface area (Å²) in [5, 5.41) is 3.02. The standard InChI is InChI=1S/C22H16O2/c1-15-6-5-9-20-18(15)12-13-19-17(14-21(23)24-22(19)20)11-10-16-7-3-2-4-8-16/h2-14H,1H3/b11-10+. The number of hydrogen-bond acceptors (Lipinski definition) is 2. The Morgan fingerprint density at radius 3 is 2.42 bits per heavy atom. The number of hydrogen-bond donors (Lipinski definition) is 0. The zero-order valence-electron chi connectivity index (χ0n) is 13.3. The van der Waals surface area contributed by atoms with Crippen LogP contribution in [-0.2, 0) is 0 Å². The van der Waals surface area contributed by atoms with Crippen LogP contribution in [0.3, 0.4) is 0 Å². The maximum Gasteiger partial charge on any atom is 0.336 e. The summed E-state index contributed by atoms with van der Waals surface area (Å²) >= 11 is 0. The van der Waals surface area contributed by atoms with Gasteiger partial charge < -0.3 is 4.42 Å². The van der Waals surface area contributed by atoms with Crippen LogP contribution in [0.25, 0.3) is 33.9 Å². The molecule has 0 aliphatic heterocycles. The highest BCUT2D eigenvalue weighted by molar-refractivity contribution is 6.07. The van der Waals surface area contributed by atoms with Gasteiger partial charge in [0, 0.05) is 16.8 Å². The molecule has 0 aliphatic carbocycles. The molecule has 0 saturated heterocycles. The zero-order valence-corrected chi connectivity index (χ0v) is 13.3. The molecular weight excluding hydrogens is 296 g/mol. The van der Waals surface area contributed by atoms with Gasteiger partial charge in [-0.05, 0) is 35.1 Å². The molecule has 0 aliphatic rings. The fourth-order valence-electron chi connectivity index (χ4n) is 3.05. The predicted molar refractivity (Wildman–Crippen MR) is 100 cm³/mol. The van der Waals surface area contributed by atoms with Crippen LogP contribution in [0.4, 0.5) is 0 Å². The summed E-state index contributed by atoms with van der Waals surface area (Å²) in [5.74, 6) is 0. The monoisotopic (exact) mass is 312 g/mol. The Hall–Kier alpha value is -3.13. The Labute approximate surface area is 139 Å². The number of benzene rings is 3. The van der Waals surface area contributed by atoms with E-state index in [1.807, 2.05) is 60.7 Å². The summed E-state index contributed by atoms with van der Waals surface area (Å²) in [5.41, 5.74) is 3.45. The van der Waals surface area contributed by atoms with Gasteiger partial charge in [-0.1, -0.05) is 66.7 Å². The Bertz CT molecular complexity index is 1120. The molecule has 116 valence electrons. The van der Waals surface area contributed by atoms with Gasteiger partial charge in [0.15, 0.2) is 0 Å². The van der Waals surface area contributed by atoms with Crippen molar-refractivity contribution in [2.45, 2.75) is 6.92 Å². The third-order valence-electron chi connectivity index (χ3n) is 4.27. The normalized spacial score (nSPS) is 11.5. The Kier molecular flexibility index (Phi) is 3.51. The molecule has 0 N–H and O–H groups in total. The first kappa shape index (κ1) is 14.5. The molecule has 0 radical (unpaired) electrons. The van der Waals surface area contributed by atoms with Gasteiger partial charge in [-0.2, -0.15) is 0 Å². The Balaban J connectivity index is 1.97. The molecule has 0 fully saturated rings. The number of aryl methyl sites for hydroxylation is 1. The van der Waals surface area contributed by atoms with E-state index < -0.39 is 0 Å². The quantitative estimate of drug-likeness (QED) is 0.365. The van der Waals surface area contributed by atoms with E-state index in [4.69, 9.17) is 4.42 Å². The largest absolute Gasteiger partial charge is 0.422 e. The van der Waals surface area contributed by atoms with Gasteiger partial charge in [0.05, 0.1) is 0 Å². The molecule has 0 bridgehead atoms. The minimum Gasteiger partial charge on any atom is -0.422 e. The lowest BCUT2D eigenvalue weighted by atomic mass is 10.0. The van der Waals surface area contributed by atoms with Crippen molar-refractivity contribution in [2.24, 2.45) is 0 Å². The fourth-order valence-corrected chi connectivity index (χ4v) is 3.05. The average molecular weight is 312 g/mol. The summed E-state index contributed by atoms with van der Waals surface area (Å²) in [6.45, 7) is 2.06. The summed E-state index contributed by atoms with van der Waals surface area (Å²) in [6, 6.07) is 21.7. The number of fused-ring (bicyclic) bond motifs is 3. The van der Waals surface area contributed by atoms with E-state index >= 15 is 0 Å². The summed E-state index contributed by atoms with van der Waals surface area (Å²) < 4.78 is 5.53. The number of rotatable bonds is 2. The highest BCUT2D eigenvalue weighted by atomic mass is 16.4. The molecule has 2 nitrogen and oxygen atoms in total. The van der Waals surface area contributed by atoms with Crippen LogP contribution in [0.2, 0.25) is 0 Å². The predicted octanol–water partition coefficient (Wildman–Crippen LogP) is 5.43. The molecule has 1 heterocycles. The first-order valence-electron chi connectivity index (χ1n) is 7.92. The van der Waals surface area contributed by atoms with Crippen molar-refractivity contribution in [3.8, 4) is 0 Å². The second-order valence-corrected chi connectivity index (χ2v) is 5.88. The molecule has 0 saturated carbocycles. The summed E-state index contributed by atoms with van der Waals surface area (Å²) in [4.78, 5) is 12.0. The maximum absolute atomic E-state index is 12.0. The minimum atomic E-state index is -0.329. The lowest BCUT2D eigenvalue weighted by Crippen LogP contribution is -1.98. The van der Waals surface area contributed by atoms with E-state index in [0.29, 0.717) is 5.58 Å². The molecule has 0 spiro atoms. The molecule has 0 atom stereocenters. The van der Waals surface area contributed by atoms with Crippen LogP contribution in [0.15, 0.2) is 75.9 Å². The van der Waals surface area contributed by atoms with E-state index in [1.54, 1.807) is 6.07 Å². The van der Waals surface area contributed by atoms with Crippen molar-refractivity contribution in [3.63, 3.8) is 0 Å². The van der Waals surface area contributed by atoms with Crippen molar-refractivity contribution >= 4 is 33.9 Å². The molecular formula is C22H16O2. The lowest BCUT2D eigenvalue weighted by Gasteiger charge is -2.07. The Morgan fingerprint density at radius 2 is 1.58 bits per heavy atom. The Morgan fingerprint density at radius 1 is 0.792 bits per heavy atom. The molecule has 2 heteroatoms. The first-order chi connectivity index (χ1) is 11.7. The van der Waals surface area contributed by atoms with E-state index in [1.165, 1.54) is 5.56 Å². The van der Waals surface area contributed by atoms with Gasteiger partial charge >= 0.3 is 5.63 Å². The summed E-state index contributed by atoms with van der Waals surface area (Å²) in [7, 11) is 0. The minimum absolute atomic E-state index is 0.329. The van der Waals surface area contributed by atoms with Crippen molar-refractivity contribution in [3.05, 3.63) is 93.8 Å². The van der Waals surface area contributed by atoms with Crippen molar-refractivity contribution in [2.75, 3.05) is 0 Å². The van der Waals surface area contributed by atoms with Crippen molar-refractivity contribution < 1.29 is 4.42 Å². The molecule has 1 aromatic heterocycles. The van der Waals surface area contributed by atoms with Crippen LogP contribution in [0, 0.1) is 6.92 Å². The third-order valence-corrected chi connectivity index (χ3v) is 4.27. The van der Waals surface area contributed by atoms with E-state index in [-0.39, 0.29) is 5.63 Å². The van der Waals surface area contributed by atoms with Gasteiger partial charge in [0.25, 0.3) is 0 Å². The van der Waals surface area contributed by atoms with Gasteiger partial charge in [-0.15, -0.1) is 0 Å². The molecule has 0 unspecified atom stereocenters. The van der Waals surface area contributed by atoms with Crippen LogP contribution >= 0.6 is 0 Å². The molecule has 4 aromatic rings. The fraction of sp³-hybridized carbons (Fsp3) is 0.0455. The van der Waals surface area contributed by atoms with Gasteiger partial charge in [-0.25, -0.2) is 4.79 Å². The summed E-state index contributed by atoms with van der Waals surface area (Å²) in [6.07, 6.45) is 3.98. The van der Waals surface area contributed by atoms with E-state index in [9.17, 15) is 4.79 Å². The van der Waals surface area contributed by atoms with Crippen LogP contribution < -0.4 is 5.63 Å². The van der Waals surface area contributed by atoms with Gasteiger partial charge in [-0.3, -0.25) is 0 Å². The highest BCUT2D eigenvalue weighted by Gasteiger charge is 2.08.